The molecule has 5 nitrogen and oxygen atoms in total. The largest absolute Gasteiger partial charge is 0.337 e. The van der Waals surface area contributed by atoms with Crippen molar-refractivity contribution in [3.63, 3.8) is 0 Å². The number of benzene rings is 1. The smallest absolute Gasteiger partial charge is 0.148 e. The normalized spacial score (nSPS) is 10.7. The van der Waals surface area contributed by atoms with Gasteiger partial charge in [0.05, 0.1) is 5.69 Å². The Morgan fingerprint density at radius 3 is 2.55 bits per heavy atom. The molecule has 106 valence electrons. The molecule has 1 heterocycles. The second-order valence-electron chi connectivity index (χ2n) is 4.53. The van der Waals surface area contributed by atoms with Crippen LogP contribution in [0.1, 0.15) is 25.3 Å². The molecule has 20 heavy (non-hydrogen) atoms. The van der Waals surface area contributed by atoms with Gasteiger partial charge in [-0.1, -0.05) is 29.8 Å². The zero-order chi connectivity index (χ0) is 14.7. The van der Waals surface area contributed by atoms with E-state index in [2.05, 4.69) is 36.6 Å². The summed E-state index contributed by atoms with van der Waals surface area (Å²) in [6, 6.07) is 4.78. The molecule has 7 heteroatoms. The van der Waals surface area contributed by atoms with Gasteiger partial charge >= 0.3 is 0 Å². The minimum atomic E-state index is -0.366. The van der Waals surface area contributed by atoms with Crippen LogP contribution in [0.4, 0.5) is 21.7 Å². The Hall–Kier alpha value is -1.73. The number of aromatic nitrogens is 2. The van der Waals surface area contributed by atoms with Gasteiger partial charge in [-0.3, -0.25) is 0 Å². The second-order valence-corrected chi connectivity index (χ2v) is 5.45. The summed E-state index contributed by atoms with van der Waals surface area (Å²) < 4.78 is 14.6. The van der Waals surface area contributed by atoms with E-state index in [1.165, 1.54) is 12.4 Å². The Balaban J connectivity index is 2.43. The number of hydrazine groups is 1. The average Bonchev–Trinajstić information content (AvgIpc) is 2.41. The van der Waals surface area contributed by atoms with E-state index >= 15 is 0 Å². The fraction of sp³-hybridized carbons (Fsp3) is 0.231. The first-order valence-electron chi connectivity index (χ1n) is 6.06. The summed E-state index contributed by atoms with van der Waals surface area (Å²) in [7, 11) is 0. The lowest BCUT2D eigenvalue weighted by Crippen LogP contribution is -2.14. The van der Waals surface area contributed by atoms with Gasteiger partial charge in [-0.25, -0.2) is 20.2 Å². The Morgan fingerprint density at radius 2 is 1.95 bits per heavy atom. The molecule has 0 saturated carbocycles. The summed E-state index contributed by atoms with van der Waals surface area (Å²) in [6.45, 7) is 3.98. The van der Waals surface area contributed by atoms with Gasteiger partial charge in [0.1, 0.15) is 23.8 Å². The predicted octanol–water partition coefficient (Wildman–Crippen LogP) is 3.53. The predicted molar refractivity (Wildman–Crippen MR) is 81.3 cm³/mol. The first-order valence-corrected chi connectivity index (χ1v) is 6.85. The molecular formula is C13H15BrFN5. The minimum absolute atomic E-state index is 0.128. The number of nitrogens with two attached hydrogens (primary N) is 1. The van der Waals surface area contributed by atoms with Crippen LogP contribution in [0.15, 0.2) is 29.0 Å². The van der Waals surface area contributed by atoms with Gasteiger partial charge in [0.25, 0.3) is 0 Å². The van der Waals surface area contributed by atoms with Crippen molar-refractivity contribution in [2.45, 2.75) is 19.8 Å². The second kappa shape index (κ2) is 6.15. The van der Waals surface area contributed by atoms with Crippen molar-refractivity contribution in [1.29, 1.82) is 0 Å². The fourth-order valence-electron chi connectivity index (χ4n) is 1.88. The third kappa shape index (κ3) is 3.05. The monoisotopic (exact) mass is 339 g/mol. The van der Waals surface area contributed by atoms with Crippen molar-refractivity contribution in [3.05, 3.63) is 40.4 Å². The molecule has 2 aromatic rings. The van der Waals surface area contributed by atoms with Crippen LogP contribution in [0, 0.1) is 5.82 Å². The van der Waals surface area contributed by atoms with Crippen LogP contribution in [0.25, 0.3) is 0 Å². The zero-order valence-corrected chi connectivity index (χ0v) is 12.7. The van der Waals surface area contributed by atoms with Gasteiger partial charge in [-0.2, -0.15) is 0 Å². The molecule has 1 aromatic heterocycles. The highest BCUT2D eigenvalue weighted by molar-refractivity contribution is 9.10. The molecule has 4 N–H and O–H groups in total. The average molecular weight is 340 g/mol. The molecule has 0 aliphatic heterocycles. The van der Waals surface area contributed by atoms with Crippen molar-refractivity contribution in [2.75, 3.05) is 10.7 Å². The lowest BCUT2D eigenvalue weighted by Gasteiger charge is -2.16. The van der Waals surface area contributed by atoms with Crippen LogP contribution < -0.4 is 16.6 Å². The summed E-state index contributed by atoms with van der Waals surface area (Å²) in [5.74, 6) is 6.27. The molecule has 0 aliphatic carbocycles. The molecule has 0 bridgehead atoms. The van der Waals surface area contributed by atoms with E-state index < -0.39 is 0 Å². The van der Waals surface area contributed by atoms with E-state index in [9.17, 15) is 4.39 Å². The quantitative estimate of drug-likeness (QED) is 0.586. The third-order valence-corrected chi connectivity index (χ3v) is 3.28. The van der Waals surface area contributed by atoms with Crippen LogP contribution in [-0.2, 0) is 0 Å². The van der Waals surface area contributed by atoms with Crippen molar-refractivity contribution in [3.8, 4) is 0 Å². The molecule has 0 saturated heterocycles. The van der Waals surface area contributed by atoms with Gasteiger partial charge < -0.3 is 10.7 Å². The van der Waals surface area contributed by atoms with Crippen LogP contribution in [-0.4, -0.2) is 9.97 Å². The Bertz CT molecular complexity index is 618. The van der Waals surface area contributed by atoms with Crippen molar-refractivity contribution >= 4 is 33.3 Å². The summed E-state index contributed by atoms with van der Waals surface area (Å²) in [5.41, 5.74) is 3.68. The van der Waals surface area contributed by atoms with Crippen LogP contribution in [0.2, 0.25) is 0 Å². The van der Waals surface area contributed by atoms with Gasteiger partial charge in [0.2, 0.25) is 0 Å². The van der Waals surface area contributed by atoms with Gasteiger partial charge in [0, 0.05) is 10.0 Å². The number of nitrogens with zero attached hydrogens (tertiary/aromatic N) is 2. The lowest BCUT2D eigenvalue weighted by molar-refractivity contribution is 0.631. The lowest BCUT2D eigenvalue weighted by atomic mass is 10.0. The summed E-state index contributed by atoms with van der Waals surface area (Å²) in [6.07, 6.45) is 1.38. The summed E-state index contributed by atoms with van der Waals surface area (Å²) >= 11 is 3.22. The van der Waals surface area contributed by atoms with Gasteiger partial charge in [0.15, 0.2) is 0 Å². The maximum absolute atomic E-state index is 13.9. The van der Waals surface area contributed by atoms with E-state index in [0.717, 1.165) is 5.56 Å². The van der Waals surface area contributed by atoms with Crippen molar-refractivity contribution < 1.29 is 4.39 Å². The van der Waals surface area contributed by atoms with Gasteiger partial charge in [-0.15, -0.1) is 0 Å². The number of hydrogen-bond acceptors (Lipinski definition) is 5. The molecule has 0 radical (unpaired) electrons. The highest BCUT2D eigenvalue weighted by atomic mass is 79.9. The third-order valence-electron chi connectivity index (χ3n) is 2.78. The molecule has 0 aliphatic rings. The molecular weight excluding hydrogens is 325 g/mol. The van der Waals surface area contributed by atoms with Crippen LogP contribution in [0.5, 0.6) is 0 Å². The zero-order valence-electron chi connectivity index (χ0n) is 11.1. The summed E-state index contributed by atoms with van der Waals surface area (Å²) in [4.78, 5) is 8.24. The Labute approximate surface area is 124 Å². The Morgan fingerprint density at radius 1 is 1.25 bits per heavy atom. The number of anilines is 3. The maximum Gasteiger partial charge on any atom is 0.148 e. The van der Waals surface area contributed by atoms with E-state index in [-0.39, 0.29) is 11.7 Å². The molecule has 0 atom stereocenters. The van der Waals surface area contributed by atoms with E-state index in [1.54, 1.807) is 12.1 Å². The molecule has 1 aromatic carbocycles. The van der Waals surface area contributed by atoms with Crippen LogP contribution >= 0.6 is 15.9 Å². The first kappa shape index (κ1) is 14.7. The Kier molecular flexibility index (Phi) is 4.51. The number of nitrogen functional groups attached to an aromatic ring is 1. The topological polar surface area (TPSA) is 75.9 Å². The molecule has 2 rings (SSSR count). The maximum atomic E-state index is 13.9. The number of halogens is 2. The number of hydrogen-bond donors (Lipinski definition) is 3. The standard InChI is InChI=1S/C13H15BrFN5/c1-7(2)11-12(17-6-18-13(11)20-16)19-10-4-3-8(14)5-9(10)15/h3-7H,16H2,1-2H3,(H2,17,18,19,20). The summed E-state index contributed by atoms with van der Waals surface area (Å²) in [5, 5.41) is 2.98. The van der Waals surface area contributed by atoms with E-state index in [1.807, 2.05) is 13.8 Å². The van der Waals surface area contributed by atoms with Crippen LogP contribution in [0.3, 0.4) is 0 Å². The van der Waals surface area contributed by atoms with Gasteiger partial charge in [-0.05, 0) is 24.1 Å². The fourth-order valence-corrected chi connectivity index (χ4v) is 2.21. The highest BCUT2D eigenvalue weighted by Crippen LogP contribution is 2.31. The minimum Gasteiger partial charge on any atom is -0.337 e. The molecule has 0 unspecified atom stereocenters. The van der Waals surface area contributed by atoms with Crippen molar-refractivity contribution in [1.82, 2.24) is 9.97 Å². The number of rotatable bonds is 4. The number of nitrogens with one attached hydrogen (secondary N) is 2. The molecule has 0 amide bonds. The molecule has 0 fully saturated rings. The first-order chi connectivity index (χ1) is 9.52. The molecule has 0 spiro atoms. The van der Waals surface area contributed by atoms with E-state index in [0.29, 0.717) is 21.8 Å². The van der Waals surface area contributed by atoms with Crippen molar-refractivity contribution in [2.24, 2.45) is 5.84 Å². The SMILES string of the molecule is CC(C)c1c(NN)ncnc1Nc1ccc(Br)cc1F. The van der Waals surface area contributed by atoms with E-state index in [4.69, 9.17) is 5.84 Å². The highest BCUT2D eigenvalue weighted by Gasteiger charge is 2.15.